The third-order valence-electron chi connectivity index (χ3n) is 1.56. The Kier molecular flexibility index (Phi) is 7.85. The van der Waals surface area contributed by atoms with Crippen LogP contribution in [0.4, 0.5) is 0 Å². The average molecular weight is 197 g/mol. The fourth-order valence-corrected chi connectivity index (χ4v) is 1.88. The molecule has 0 radical (unpaired) electrons. The average Bonchev–Trinajstić information content (AvgIpc) is 2.22. The maximum Gasteiger partial charge on any atom is 0.0257 e. The van der Waals surface area contributed by atoms with Gasteiger partial charge in [-0.1, -0.05) is 38.7 Å². The maximum atomic E-state index is 3.78. The molecule has 74 valence electrons. The van der Waals surface area contributed by atoms with Crippen LogP contribution in [0.5, 0.6) is 0 Å². The molecule has 1 aliphatic rings. The van der Waals surface area contributed by atoms with Crippen molar-refractivity contribution in [1.29, 1.82) is 0 Å². The number of allylic oxidation sites excluding steroid dienone is 3. The molecule has 1 rings (SSSR count). The standard InChI is InChI=1S/C9H13NS.C2H6/c1-3-5-9-8(4-2)6-7-10-11-9;1-2/h3-5,10H,2,6-7H2,1H3;1-2H3/b5-3-;. The van der Waals surface area contributed by atoms with Crippen LogP contribution >= 0.6 is 11.9 Å². The van der Waals surface area contributed by atoms with E-state index in [-0.39, 0.29) is 0 Å². The molecule has 0 atom stereocenters. The van der Waals surface area contributed by atoms with Crippen LogP contribution in [0.1, 0.15) is 27.2 Å². The summed E-state index contributed by atoms with van der Waals surface area (Å²) in [5.41, 5.74) is 1.35. The first-order chi connectivity index (χ1) is 6.38. The fourth-order valence-electron chi connectivity index (χ4n) is 0.998. The second-order valence-electron chi connectivity index (χ2n) is 2.34. The number of hydrogen-bond acceptors (Lipinski definition) is 2. The van der Waals surface area contributed by atoms with Gasteiger partial charge >= 0.3 is 0 Å². The summed E-state index contributed by atoms with van der Waals surface area (Å²) in [6.07, 6.45) is 7.21. The monoisotopic (exact) mass is 197 g/mol. The molecule has 0 amide bonds. The molecule has 0 aromatic rings. The maximum absolute atomic E-state index is 3.78. The highest BCUT2D eigenvalue weighted by Gasteiger charge is 2.06. The highest BCUT2D eigenvalue weighted by Crippen LogP contribution is 2.25. The van der Waals surface area contributed by atoms with Crippen molar-refractivity contribution in [1.82, 2.24) is 4.72 Å². The van der Waals surface area contributed by atoms with Gasteiger partial charge in [0, 0.05) is 11.4 Å². The molecule has 2 heteroatoms. The molecule has 1 nitrogen and oxygen atoms in total. The quantitative estimate of drug-likeness (QED) is 0.678. The summed E-state index contributed by atoms with van der Waals surface area (Å²) in [6.45, 7) is 10.9. The van der Waals surface area contributed by atoms with Crippen LogP contribution in [-0.2, 0) is 0 Å². The zero-order chi connectivity index (χ0) is 10.1. The predicted octanol–water partition coefficient (Wildman–Crippen LogP) is 3.67. The van der Waals surface area contributed by atoms with Crippen molar-refractivity contribution >= 4 is 11.9 Å². The van der Waals surface area contributed by atoms with E-state index in [1.165, 1.54) is 10.5 Å². The van der Waals surface area contributed by atoms with E-state index in [2.05, 4.69) is 23.5 Å². The molecule has 0 aliphatic carbocycles. The minimum atomic E-state index is 1.05. The molecule has 1 aliphatic heterocycles. The van der Waals surface area contributed by atoms with E-state index in [1.807, 2.05) is 26.8 Å². The van der Waals surface area contributed by atoms with E-state index >= 15 is 0 Å². The number of hydrogen-bond donors (Lipinski definition) is 1. The van der Waals surface area contributed by atoms with Gasteiger partial charge in [0.05, 0.1) is 0 Å². The molecule has 1 N–H and O–H groups in total. The fraction of sp³-hybridized carbons (Fsp3) is 0.455. The third-order valence-corrected chi connectivity index (χ3v) is 2.53. The molecule has 0 fully saturated rings. The molecular weight excluding hydrogens is 178 g/mol. The summed E-state index contributed by atoms with van der Waals surface area (Å²) in [5, 5.41) is 0. The van der Waals surface area contributed by atoms with Crippen molar-refractivity contribution in [3.05, 3.63) is 35.3 Å². The van der Waals surface area contributed by atoms with Crippen molar-refractivity contribution in [2.45, 2.75) is 27.2 Å². The Bertz CT molecular complexity index is 204. The Labute approximate surface area is 86.1 Å². The van der Waals surface area contributed by atoms with E-state index in [0.717, 1.165) is 13.0 Å². The summed E-state index contributed by atoms with van der Waals surface area (Å²) in [6, 6.07) is 0. The molecule has 0 unspecified atom stereocenters. The molecule has 0 aromatic heterocycles. The van der Waals surface area contributed by atoms with E-state index in [1.54, 1.807) is 11.9 Å². The van der Waals surface area contributed by atoms with E-state index in [4.69, 9.17) is 0 Å². The van der Waals surface area contributed by atoms with E-state index in [9.17, 15) is 0 Å². The summed E-state index contributed by atoms with van der Waals surface area (Å²) in [5.74, 6) is 0. The van der Waals surface area contributed by atoms with Gasteiger partial charge in [-0.25, -0.2) is 0 Å². The van der Waals surface area contributed by atoms with Crippen molar-refractivity contribution in [2.75, 3.05) is 6.54 Å². The molecule has 0 spiro atoms. The topological polar surface area (TPSA) is 12.0 Å². The molecule has 0 saturated heterocycles. The van der Waals surface area contributed by atoms with Gasteiger partial charge in [0.1, 0.15) is 0 Å². The summed E-state index contributed by atoms with van der Waals surface area (Å²) in [7, 11) is 0. The van der Waals surface area contributed by atoms with Gasteiger partial charge in [0.15, 0.2) is 0 Å². The minimum absolute atomic E-state index is 1.05. The van der Waals surface area contributed by atoms with Gasteiger partial charge in [-0.3, -0.25) is 4.72 Å². The molecule has 0 saturated carbocycles. The zero-order valence-electron chi connectivity index (χ0n) is 8.76. The van der Waals surface area contributed by atoms with Gasteiger partial charge in [-0.2, -0.15) is 0 Å². The second kappa shape index (κ2) is 8.14. The Morgan fingerprint density at radius 1 is 1.46 bits per heavy atom. The van der Waals surface area contributed by atoms with Crippen LogP contribution in [0.25, 0.3) is 0 Å². The van der Waals surface area contributed by atoms with Crippen molar-refractivity contribution < 1.29 is 0 Å². The van der Waals surface area contributed by atoms with Crippen molar-refractivity contribution in [3.8, 4) is 0 Å². The first-order valence-corrected chi connectivity index (χ1v) is 5.58. The summed E-state index contributed by atoms with van der Waals surface area (Å²) in [4.78, 5) is 1.30. The van der Waals surface area contributed by atoms with Crippen LogP contribution in [0.2, 0.25) is 0 Å². The normalized spacial score (nSPS) is 16.8. The summed E-state index contributed by atoms with van der Waals surface area (Å²) < 4.78 is 3.24. The Balaban J connectivity index is 0.000000671. The molecule has 0 bridgehead atoms. The van der Waals surface area contributed by atoms with Crippen molar-refractivity contribution in [2.24, 2.45) is 0 Å². The smallest absolute Gasteiger partial charge is 0.0257 e. The largest absolute Gasteiger partial charge is 0.260 e. The second-order valence-corrected chi connectivity index (χ2v) is 3.27. The van der Waals surface area contributed by atoms with Crippen LogP contribution < -0.4 is 4.72 Å². The lowest BCUT2D eigenvalue weighted by Gasteiger charge is -2.15. The summed E-state index contributed by atoms with van der Waals surface area (Å²) >= 11 is 1.69. The van der Waals surface area contributed by atoms with Gasteiger partial charge in [-0.15, -0.1) is 0 Å². The van der Waals surface area contributed by atoms with E-state index < -0.39 is 0 Å². The Hall–Kier alpha value is -0.470. The minimum Gasteiger partial charge on any atom is -0.260 e. The highest BCUT2D eigenvalue weighted by atomic mass is 32.2. The molecule has 1 heterocycles. The van der Waals surface area contributed by atoms with Gasteiger partial charge in [-0.05, 0) is 30.9 Å². The third kappa shape index (κ3) is 4.34. The highest BCUT2D eigenvalue weighted by molar-refractivity contribution is 8.01. The van der Waals surface area contributed by atoms with Gasteiger partial charge < -0.3 is 0 Å². The lowest BCUT2D eigenvalue weighted by Crippen LogP contribution is -2.12. The van der Waals surface area contributed by atoms with Crippen molar-refractivity contribution in [3.63, 3.8) is 0 Å². The Morgan fingerprint density at radius 3 is 2.69 bits per heavy atom. The van der Waals surface area contributed by atoms with E-state index in [0.29, 0.717) is 0 Å². The molecule has 0 aromatic carbocycles. The molecular formula is C11H19NS. The first kappa shape index (κ1) is 12.5. The lowest BCUT2D eigenvalue weighted by molar-refractivity contribution is 0.898. The first-order valence-electron chi connectivity index (χ1n) is 4.76. The van der Waals surface area contributed by atoms with Gasteiger partial charge in [0.25, 0.3) is 0 Å². The zero-order valence-corrected chi connectivity index (χ0v) is 9.58. The number of nitrogens with one attached hydrogen (secondary N) is 1. The Morgan fingerprint density at radius 2 is 2.15 bits per heavy atom. The van der Waals surface area contributed by atoms with Crippen LogP contribution in [0.15, 0.2) is 35.3 Å². The van der Waals surface area contributed by atoms with Crippen LogP contribution in [-0.4, -0.2) is 6.54 Å². The molecule has 13 heavy (non-hydrogen) atoms. The SMILES string of the molecule is C=CC1=C(/C=C\C)SNCC1.CC. The van der Waals surface area contributed by atoms with Crippen LogP contribution in [0.3, 0.4) is 0 Å². The van der Waals surface area contributed by atoms with Gasteiger partial charge in [0.2, 0.25) is 0 Å². The van der Waals surface area contributed by atoms with Crippen LogP contribution in [0, 0.1) is 0 Å². The number of rotatable bonds is 2. The predicted molar refractivity (Wildman–Crippen MR) is 63.6 cm³/mol. The lowest BCUT2D eigenvalue weighted by atomic mass is 10.1.